The minimum atomic E-state index is -0.0908. The molecule has 0 unspecified atom stereocenters. The molecule has 0 bridgehead atoms. The van der Waals surface area contributed by atoms with E-state index in [1.165, 1.54) is 30.4 Å². The SMILES string of the molecule is CCCCCC(=CCc1cccc(C)c1C(=O)Nc1cccc2cccnc12)c1ccccc1. The number of nitrogens with zero attached hydrogens (tertiary/aromatic N) is 1. The number of para-hydroxylation sites is 1. The van der Waals surface area contributed by atoms with Gasteiger partial charge in [-0.05, 0) is 60.6 Å². The number of unbranched alkanes of at least 4 members (excludes halogenated alkanes) is 2. The highest BCUT2D eigenvalue weighted by atomic mass is 16.1. The molecule has 0 fully saturated rings. The number of anilines is 1. The molecule has 0 saturated carbocycles. The third-order valence-electron chi connectivity index (χ3n) is 6.23. The Labute approximate surface area is 202 Å². The lowest BCUT2D eigenvalue weighted by molar-refractivity contribution is 0.102. The molecule has 0 aliphatic rings. The van der Waals surface area contributed by atoms with E-state index in [1.807, 2.05) is 49.4 Å². The van der Waals surface area contributed by atoms with Crippen molar-refractivity contribution in [3.05, 3.63) is 113 Å². The lowest BCUT2D eigenvalue weighted by atomic mass is 9.94. The van der Waals surface area contributed by atoms with Crippen molar-refractivity contribution in [3.8, 4) is 0 Å². The fraction of sp³-hybridized carbons (Fsp3) is 0.226. The average Bonchev–Trinajstić information content (AvgIpc) is 2.87. The van der Waals surface area contributed by atoms with Crippen molar-refractivity contribution >= 4 is 28.1 Å². The van der Waals surface area contributed by atoms with Crippen LogP contribution in [0.25, 0.3) is 16.5 Å². The van der Waals surface area contributed by atoms with E-state index in [0.29, 0.717) is 6.42 Å². The normalized spacial score (nSPS) is 11.5. The van der Waals surface area contributed by atoms with Gasteiger partial charge in [-0.3, -0.25) is 9.78 Å². The second-order valence-electron chi connectivity index (χ2n) is 8.70. The van der Waals surface area contributed by atoms with Crippen LogP contribution in [0.4, 0.5) is 5.69 Å². The minimum absolute atomic E-state index is 0.0908. The number of carbonyl (C=O) groups is 1. The third-order valence-corrected chi connectivity index (χ3v) is 6.23. The Morgan fingerprint density at radius 3 is 2.53 bits per heavy atom. The number of rotatable bonds is 9. The highest BCUT2D eigenvalue weighted by Gasteiger charge is 2.15. The van der Waals surface area contributed by atoms with E-state index < -0.39 is 0 Å². The summed E-state index contributed by atoms with van der Waals surface area (Å²) < 4.78 is 0. The van der Waals surface area contributed by atoms with Crippen LogP contribution >= 0.6 is 0 Å². The molecule has 3 nitrogen and oxygen atoms in total. The Kier molecular flexibility index (Phi) is 7.87. The first kappa shape index (κ1) is 23.4. The highest BCUT2D eigenvalue weighted by molar-refractivity contribution is 6.09. The number of benzene rings is 3. The van der Waals surface area contributed by atoms with Gasteiger partial charge in [0.1, 0.15) is 0 Å². The summed E-state index contributed by atoms with van der Waals surface area (Å²) in [5, 5.41) is 4.13. The summed E-state index contributed by atoms with van der Waals surface area (Å²) >= 11 is 0. The van der Waals surface area contributed by atoms with Crippen LogP contribution in [0.15, 0.2) is 91.1 Å². The van der Waals surface area contributed by atoms with Crippen LogP contribution in [0.1, 0.15) is 59.7 Å². The van der Waals surface area contributed by atoms with Crippen LogP contribution in [-0.4, -0.2) is 10.9 Å². The number of amides is 1. The van der Waals surface area contributed by atoms with E-state index in [0.717, 1.165) is 39.7 Å². The molecule has 3 aromatic carbocycles. The largest absolute Gasteiger partial charge is 0.320 e. The minimum Gasteiger partial charge on any atom is -0.320 e. The van der Waals surface area contributed by atoms with Gasteiger partial charge in [-0.15, -0.1) is 0 Å². The van der Waals surface area contributed by atoms with E-state index in [2.05, 4.69) is 59.7 Å². The van der Waals surface area contributed by atoms with Crippen molar-refractivity contribution in [2.24, 2.45) is 0 Å². The number of aryl methyl sites for hydroxylation is 1. The van der Waals surface area contributed by atoms with E-state index in [4.69, 9.17) is 0 Å². The van der Waals surface area contributed by atoms with Gasteiger partial charge in [0.15, 0.2) is 0 Å². The van der Waals surface area contributed by atoms with Gasteiger partial charge in [-0.2, -0.15) is 0 Å². The number of allylic oxidation sites excluding steroid dienone is 2. The van der Waals surface area contributed by atoms with Crippen LogP contribution in [0.3, 0.4) is 0 Å². The Morgan fingerprint density at radius 2 is 1.71 bits per heavy atom. The molecule has 0 aliphatic carbocycles. The maximum Gasteiger partial charge on any atom is 0.256 e. The monoisotopic (exact) mass is 448 g/mol. The molecule has 0 saturated heterocycles. The average molecular weight is 449 g/mol. The molecular weight excluding hydrogens is 416 g/mol. The van der Waals surface area contributed by atoms with Crippen molar-refractivity contribution < 1.29 is 4.79 Å². The molecule has 1 N–H and O–H groups in total. The zero-order valence-corrected chi connectivity index (χ0v) is 20.1. The summed E-state index contributed by atoms with van der Waals surface area (Å²) in [4.78, 5) is 17.9. The fourth-order valence-electron chi connectivity index (χ4n) is 4.43. The molecule has 3 heteroatoms. The maximum absolute atomic E-state index is 13.5. The predicted octanol–water partition coefficient (Wildman–Crippen LogP) is 8.00. The quantitative estimate of drug-likeness (QED) is 0.264. The van der Waals surface area contributed by atoms with E-state index in [9.17, 15) is 4.79 Å². The number of carbonyl (C=O) groups excluding carboxylic acids is 1. The molecule has 1 amide bonds. The van der Waals surface area contributed by atoms with E-state index in [1.54, 1.807) is 6.20 Å². The topological polar surface area (TPSA) is 42.0 Å². The van der Waals surface area contributed by atoms with Crippen molar-refractivity contribution in [2.45, 2.75) is 46.0 Å². The highest BCUT2D eigenvalue weighted by Crippen LogP contribution is 2.26. The molecule has 1 aromatic heterocycles. The first-order chi connectivity index (χ1) is 16.7. The number of aromatic nitrogens is 1. The number of pyridine rings is 1. The number of hydrogen-bond donors (Lipinski definition) is 1. The summed E-state index contributed by atoms with van der Waals surface area (Å²) in [6.45, 7) is 4.23. The van der Waals surface area contributed by atoms with Gasteiger partial charge < -0.3 is 5.32 Å². The van der Waals surface area contributed by atoms with Crippen molar-refractivity contribution in [1.29, 1.82) is 0 Å². The van der Waals surface area contributed by atoms with E-state index >= 15 is 0 Å². The van der Waals surface area contributed by atoms with Crippen LogP contribution in [0, 0.1) is 6.92 Å². The van der Waals surface area contributed by atoms with Gasteiger partial charge >= 0.3 is 0 Å². The van der Waals surface area contributed by atoms with Gasteiger partial charge in [-0.1, -0.05) is 92.6 Å². The standard InChI is InChI=1S/C31H32N2O/c1-3-4-6-13-25(24-14-7-5-8-15-24)20-21-26-16-9-12-23(2)29(26)31(34)33-28-19-10-17-27-18-11-22-32-30(27)28/h5,7-12,14-20,22H,3-4,6,13,21H2,1-2H3,(H,33,34). The second-order valence-corrected chi connectivity index (χ2v) is 8.70. The first-order valence-corrected chi connectivity index (χ1v) is 12.2. The van der Waals surface area contributed by atoms with Gasteiger partial charge in [0, 0.05) is 17.1 Å². The summed E-state index contributed by atoms with van der Waals surface area (Å²) in [7, 11) is 0. The summed E-state index contributed by atoms with van der Waals surface area (Å²) in [6.07, 6.45) is 9.42. The molecule has 4 aromatic rings. The molecule has 0 atom stereocenters. The number of fused-ring (bicyclic) bond motifs is 1. The molecule has 0 spiro atoms. The van der Waals surface area contributed by atoms with Gasteiger partial charge in [0.05, 0.1) is 11.2 Å². The van der Waals surface area contributed by atoms with Crippen molar-refractivity contribution in [1.82, 2.24) is 4.98 Å². The Hall–Kier alpha value is -3.72. The summed E-state index contributed by atoms with van der Waals surface area (Å²) in [5.41, 5.74) is 6.90. The lowest BCUT2D eigenvalue weighted by Crippen LogP contribution is -2.16. The Balaban J connectivity index is 1.62. The molecule has 4 rings (SSSR count). The summed E-state index contributed by atoms with van der Waals surface area (Å²) in [5.74, 6) is -0.0908. The fourth-order valence-corrected chi connectivity index (χ4v) is 4.43. The van der Waals surface area contributed by atoms with E-state index in [-0.39, 0.29) is 5.91 Å². The Morgan fingerprint density at radius 1 is 0.912 bits per heavy atom. The molecular formula is C31H32N2O. The summed E-state index contributed by atoms with van der Waals surface area (Å²) in [6, 6.07) is 26.5. The Bertz CT molecular complexity index is 1290. The molecule has 0 radical (unpaired) electrons. The van der Waals surface area contributed by atoms with Crippen LogP contribution in [0.5, 0.6) is 0 Å². The smallest absolute Gasteiger partial charge is 0.256 e. The predicted molar refractivity (Wildman–Crippen MR) is 143 cm³/mol. The number of nitrogens with one attached hydrogen (secondary N) is 1. The molecule has 34 heavy (non-hydrogen) atoms. The third kappa shape index (κ3) is 5.60. The molecule has 1 heterocycles. The van der Waals surface area contributed by atoms with Crippen molar-refractivity contribution in [3.63, 3.8) is 0 Å². The maximum atomic E-state index is 13.5. The van der Waals surface area contributed by atoms with Crippen LogP contribution in [-0.2, 0) is 6.42 Å². The second kappa shape index (κ2) is 11.4. The van der Waals surface area contributed by atoms with Gasteiger partial charge in [0.2, 0.25) is 0 Å². The first-order valence-electron chi connectivity index (χ1n) is 12.2. The van der Waals surface area contributed by atoms with Gasteiger partial charge in [0.25, 0.3) is 5.91 Å². The molecule has 0 aliphatic heterocycles. The van der Waals surface area contributed by atoms with Gasteiger partial charge in [-0.25, -0.2) is 0 Å². The number of hydrogen-bond acceptors (Lipinski definition) is 2. The van der Waals surface area contributed by atoms with Crippen molar-refractivity contribution in [2.75, 3.05) is 5.32 Å². The molecule has 172 valence electrons. The zero-order valence-electron chi connectivity index (χ0n) is 20.1. The van der Waals surface area contributed by atoms with Crippen LogP contribution < -0.4 is 5.32 Å². The zero-order chi connectivity index (χ0) is 23.8. The lowest BCUT2D eigenvalue weighted by Gasteiger charge is -2.14. The van der Waals surface area contributed by atoms with Crippen LogP contribution in [0.2, 0.25) is 0 Å².